The van der Waals surface area contributed by atoms with Crippen LogP contribution >= 0.6 is 23.1 Å². The molecule has 5 heteroatoms. The topological polar surface area (TPSA) is 47.6 Å². The van der Waals surface area contributed by atoms with Crippen LogP contribution in [0.4, 0.5) is 0 Å². The minimum Gasteiger partial charge on any atom is -0.380 e. The van der Waals surface area contributed by atoms with Crippen molar-refractivity contribution in [2.24, 2.45) is 10.7 Å². The largest absolute Gasteiger partial charge is 0.380 e. The summed E-state index contributed by atoms with van der Waals surface area (Å²) in [5.41, 5.74) is 9.44. The molecule has 1 aromatic heterocycles. The number of rotatable bonds is 2. The number of aliphatic imine (C=N–C) groups is 1. The van der Waals surface area contributed by atoms with Gasteiger partial charge in [-0.05, 0) is 67.8 Å². The van der Waals surface area contributed by atoms with Crippen LogP contribution in [0.1, 0.15) is 43.6 Å². The Hall–Kier alpha value is -1.74. The third-order valence-electron chi connectivity index (χ3n) is 5.23. The van der Waals surface area contributed by atoms with Crippen molar-refractivity contribution in [3.8, 4) is 23.0 Å². The van der Waals surface area contributed by atoms with Crippen molar-refractivity contribution in [1.82, 2.24) is 0 Å². The van der Waals surface area contributed by atoms with Gasteiger partial charge in [0.1, 0.15) is 0 Å². The van der Waals surface area contributed by atoms with E-state index in [-0.39, 0.29) is 10.3 Å². The van der Waals surface area contributed by atoms with E-state index >= 15 is 0 Å². The molecule has 2 atom stereocenters. The summed E-state index contributed by atoms with van der Waals surface area (Å²) < 4.78 is 5.87. The van der Waals surface area contributed by atoms with Gasteiger partial charge in [-0.3, -0.25) is 4.99 Å². The zero-order chi connectivity index (χ0) is 18.9. The fourth-order valence-corrected chi connectivity index (χ4v) is 6.53. The summed E-state index contributed by atoms with van der Waals surface area (Å²) in [6, 6.07) is 10.7. The first-order chi connectivity index (χ1) is 13.0. The van der Waals surface area contributed by atoms with Crippen molar-refractivity contribution in [2.75, 3.05) is 13.2 Å². The van der Waals surface area contributed by atoms with Gasteiger partial charge >= 0.3 is 0 Å². The van der Waals surface area contributed by atoms with Gasteiger partial charge in [-0.25, -0.2) is 0 Å². The molecule has 1 fully saturated rings. The Labute approximate surface area is 169 Å². The number of ether oxygens (including phenoxy) is 1. The molecular formula is C22H24N2OS2. The number of thioether (sulfide) groups is 1. The minimum absolute atomic E-state index is 0.0552. The maximum absolute atomic E-state index is 6.27. The summed E-state index contributed by atoms with van der Waals surface area (Å²) in [7, 11) is 0. The van der Waals surface area contributed by atoms with E-state index in [1.165, 1.54) is 16.0 Å². The SMILES string of the molecule is CC#Cc1cccc(-c2csc(C3(C)CC4(CCCOC4)SC(N)=N3)c2)c1. The van der Waals surface area contributed by atoms with Gasteiger partial charge in [0.2, 0.25) is 0 Å². The molecule has 2 aromatic rings. The maximum Gasteiger partial charge on any atom is 0.155 e. The average molecular weight is 397 g/mol. The van der Waals surface area contributed by atoms with E-state index < -0.39 is 0 Å². The van der Waals surface area contributed by atoms with Gasteiger partial charge in [0, 0.05) is 21.8 Å². The predicted octanol–water partition coefficient (Wildman–Crippen LogP) is 5.00. The summed E-state index contributed by atoms with van der Waals surface area (Å²) in [5.74, 6) is 6.11. The van der Waals surface area contributed by atoms with Crippen molar-refractivity contribution in [1.29, 1.82) is 0 Å². The summed E-state index contributed by atoms with van der Waals surface area (Å²) in [5, 5.41) is 2.90. The predicted molar refractivity (Wildman–Crippen MR) is 116 cm³/mol. The molecule has 140 valence electrons. The number of nitrogens with zero attached hydrogens (tertiary/aromatic N) is 1. The third-order valence-corrected chi connectivity index (χ3v) is 7.61. The molecular weight excluding hydrogens is 372 g/mol. The molecule has 1 spiro atoms. The number of thiophene rings is 1. The number of nitrogens with two attached hydrogens (primary N) is 1. The van der Waals surface area contributed by atoms with Gasteiger partial charge in [-0.15, -0.1) is 17.3 Å². The minimum atomic E-state index is -0.292. The fourth-order valence-electron chi connectivity index (χ4n) is 4.07. The molecule has 2 N–H and O–H groups in total. The average Bonchev–Trinajstić information content (AvgIpc) is 3.13. The smallest absolute Gasteiger partial charge is 0.155 e. The summed E-state index contributed by atoms with van der Waals surface area (Å²) in [4.78, 5) is 6.14. The zero-order valence-electron chi connectivity index (χ0n) is 15.7. The molecule has 2 aliphatic rings. The lowest BCUT2D eigenvalue weighted by molar-refractivity contribution is 0.0591. The van der Waals surface area contributed by atoms with E-state index in [1.54, 1.807) is 23.1 Å². The van der Waals surface area contributed by atoms with E-state index in [0.717, 1.165) is 38.0 Å². The summed E-state index contributed by atoms with van der Waals surface area (Å²) >= 11 is 3.48. The van der Waals surface area contributed by atoms with Gasteiger partial charge in [0.05, 0.1) is 12.1 Å². The maximum atomic E-state index is 6.27. The van der Waals surface area contributed by atoms with Gasteiger partial charge in [-0.1, -0.05) is 29.8 Å². The van der Waals surface area contributed by atoms with Crippen molar-refractivity contribution in [2.45, 2.75) is 43.4 Å². The van der Waals surface area contributed by atoms with E-state index in [0.29, 0.717) is 5.17 Å². The monoisotopic (exact) mass is 396 g/mol. The number of amidine groups is 1. The molecule has 0 aliphatic carbocycles. The first-order valence-electron chi connectivity index (χ1n) is 9.26. The highest BCUT2D eigenvalue weighted by molar-refractivity contribution is 8.15. The van der Waals surface area contributed by atoms with Crippen LogP contribution in [0.3, 0.4) is 0 Å². The molecule has 1 saturated heterocycles. The number of hydrogen-bond donors (Lipinski definition) is 1. The molecule has 0 saturated carbocycles. The van der Waals surface area contributed by atoms with Crippen LogP contribution in [-0.4, -0.2) is 23.1 Å². The fraction of sp³-hybridized carbons (Fsp3) is 0.409. The zero-order valence-corrected chi connectivity index (χ0v) is 17.4. The van der Waals surface area contributed by atoms with E-state index in [2.05, 4.69) is 48.4 Å². The Kier molecular flexibility index (Phi) is 5.07. The van der Waals surface area contributed by atoms with Crippen LogP contribution in [0, 0.1) is 11.8 Å². The molecule has 0 bridgehead atoms. The Morgan fingerprint density at radius 1 is 1.26 bits per heavy atom. The van der Waals surface area contributed by atoms with Gasteiger partial charge < -0.3 is 10.5 Å². The molecule has 27 heavy (non-hydrogen) atoms. The van der Waals surface area contributed by atoms with Crippen molar-refractivity contribution in [3.63, 3.8) is 0 Å². The molecule has 0 amide bonds. The second-order valence-corrected chi connectivity index (χ2v) is 9.90. The highest BCUT2D eigenvalue weighted by Gasteiger charge is 2.46. The van der Waals surface area contributed by atoms with Gasteiger partial charge in [0.25, 0.3) is 0 Å². The Morgan fingerprint density at radius 3 is 2.93 bits per heavy atom. The van der Waals surface area contributed by atoms with Crippen molar-refractivity contribution in [3.05, 3.63) is 46.2 Å². The highest BCUT2D eigenvalue weighted by atomic mass is 32.2. The molecule has 2 unspecified atom stereocenters. The highest BCUT2D eigenvalue weighted by Crippen LogP contribution is 2.50. The third kappa shape index (κ3) is 3.80. The lowest BCUT2D eigenvalue weighted by Gasteiger charge is -2.44. The van der Waals surface area contributed by atoms with E-state index in [4.69, 9.17) is 15.5 Å². The molecule has 3 heterocycles. The Morgan fingerprint density at radius 2 is 2.15 bits per heavy atom. The number of hydrogen-bond acceptors (Lipinski definition) is 5. The van der Waals surface area contributed by atoms with Crippen LogP contribution in [0.25, 0.3) is 11.1 Å². The van der Waals surface area contributed by atoms with E-state index in [1.807, 2.05) is 13.0 Å². The molecule has 1 aromatic carbocycles. The van der Waals surface area contributed by atoms with Crippen molar-refractivity contribution < 1.29 is 4.74 Å². The van der Waals surface area contributed by atoms with Gasteiger partial charge in [0.15, 0.2) is 5.17 Å². The van der Waals surface area contributed by atoms with Crippen LogP contribution in [-0.2, 0) is 10.3 Å². The second kappa shape index (κ2) is 7.35. The lowest BCUT2D eigenvalue weighted by atomic mass is 9.84. The lowest BCUT2D eigenvalue weighted by Crippen LogP contribution is -2.46. The summed E-state index contributed by atoms with van der Waals surface area (Å²) in [6.07, 6.45) is 3.20. The normalized spacial score (nSPS) is 27.7. The molecule has 4 rings (SSSR count). The van der Waals surface area contributed by atoms with Crippen molar-refractivity contribution >= 4 is 28.3 Å². The second-order valence-electron chi connectivity index (χ2n) is 7.50. The molecule has 2 aliphatic heterocycles. The quantitative estimate of drug-likeness (QED) is 0.727. The first-order valence-corrected chi connectivity index (χ1v) is 11.0. The molecule has 3 nitrogen and oxygen atoms in total. The standard InChI is InChI=1S/C22H24N2OS2/c1-3-6-16-7-4-8-17(11-16)18-12-19(26-13-18)21(2)14-22(27-20(23)24-21)9-5-10-25-15-22/h4,7-8,11-13H,5,9-10,14-15H2,1-2H3,(H2,23,24). The van der Waals surface area contributed by atoms with Gasteiger partial charge in [-0.2, -0.15) is 0 Å². The van der Waals surface area contributed by atoms with E-state index in [9.17, 15) is 0 Å². The Bertz CT molecular complexity index is 931. The Balaban J connectivity index is 1.66. The molecule has 0 radical (unpaired) electrons. The first kappa shape index (κ1) is 18.6. The number of benzene rings is 1. The van der Waals surface area contributed by atoms with Crippen LogP contribution < -0.4 is 5.73 Å². The van der Waals surface area contributed by atoms with Crippen LogP contribution in [0.2, 0.25) is 0 Å². The summed E-state index contributed by atoms with van der Waals surface area (Å²) in [6.45, 7) is 5.70. The van der Waals surface area contributed by atoms with Crippen LogP contribution in [0.5, 0.6) is 0 Å². The van der Waals surface area contributed by atoms with Crippen LogP contribution in [0.15, 0.2) is 40.7 Å².